The minimum absolute atomic E-state index is 0.290. The lowest BCUT2D eigenvalue weighted by atomic mass is 10.1. The van der Waals surface area contributed by atoms with Gasteiger partial charge in [-0.3, -0.25) is 9.59 Å². The predicted octanol–water partition coefficient (Wildman–Crippen LogP) is 4.00. The molecule has 0 aliphatic rings. The van der Waals surface area contributed by atoms with Gasteiger partial charge in [-0.05, 0) is 57.2 Å². The average Bonchev–Trinajstić information content (AvgIpc) is 2.79. The summed E-state index contributed by atoms with van der Waals surface area (Å²) in [6.45, 7) is 5.49. The summed E-state index contributed by atoms with van der Waals surface area (Å²) >= 11 is 0. The Kier molecular flexibility index (Phi) is 7.13. The van der Waals surface area contributed by atoms with Crippen LogP contribution in [-0.2, 0) is 9.59 Å². The van der Waals surface area contributed by atoms with Gasteiger partial charge in [-0.25, -0.2) is 10.2 Å². The number of hydrogen-bond donors (Lipinski definition) is 2. The van der Waals surface area contributed by atoms with Gasteiger partial charge in [0, 0.05) is 11.3 Å². The van der Waals surface area contributed by atoms with E-state index in [1.54, 1.807) is 55.5 Å². The number of carbonyl (C=O) groups excluding carboxylic acids is 3. The summed E-state index contributed by atoms with van der Waals surface area (Å²) in [5.74, 6) is -1.98. The van der Waals surface area contributed by atoms with Crippen LogP contribution in [0.2, 0.25) is 0 Å². The van der Waals surface area contributed by atoms with Crippen LogP contribution < -0.4 is 15.5 Å². The van der Waals surface area contributed by atoms with Crippen molar-refractivity contribution in [3.8, 4) is 5.75 Å². The fourth-order valence-corrected chi connectivity index (χ4v) is 2.77. The molecule has 0 aromatic heterocycles. The molecule has 3 aromatic carbocycles. The van der Waals surface area contributed by atoms with Crippen LogP contribution in [0.3, 0.4) is 0 Å². The minimum atomic E-state index is -0.918. The number of rotatable bonds is 5. The van der Waals surface area contributed by atoms with Gasteiger partial charge in [-0.15, -0.1) is 0 Å². The molecule has 0 aliphatic heterocycles. The summed E-state index contributed by atoms with van der Waals surface area (Å²) < 4.78 is 5.52. The fraction of sp³-hybridized carbons (Fsp3) is 0.120. The minimum Gasteiger partial charge on any atom is -0.422 e. The molecule has 0 bridgehead atoms. The van der Waals surface area contributed by atoms with E-state index in [1.165, 1.54) is 0 Å². The highest BCUT2D eigenvalue weighted by Gasteiger charge is 2.15. The van der Waals surface area contributed by atoms with Crippen LogP contribution in [0.1, 0.15) is 34.0 Å². The van der Waals surface area contributed by atoms with Gasteiger partial charge in [0.15, 0.2) is 0 Å². The number of esters is 1. The Morgan fingerprint density at radius 2 is 1.38 bits per heavy atom. The van der Waals surface area contributed by atoms with Crippen LogP contribution in [0.4, 0.5) is 5.69 Å². The van der Waals surface area contributed by atoms with Crippen molar-refractivity contribution in [3.05, 3.63) is 95.1 Å². The number of benzene rings is 3. The zero-order chi connectivity index (χ0) is 23.1. The number of nitrogens with one attached hydrogen (secondary N) is 2. The number of carbonyl (C=O) groups is 3. The molecule has 0 saturated heterocycles. The summed E-state index contributed by atoms with van der Waals surface area (Å²) in [7, 11) is 0. The Hall–Kier alpha value is -4.26. The number of aryl methyl sites for hydroxylation is 2. The molecule has 32 heavy (non-hydrogen) atoms. The van der Waals surface area contributed by atoms with Gasteiger partial charge in [0.1, 0.15) is 5.75 Å². The van der Waals surface area contributed by atoms with E-state index in [0.717, 1.165) is 11.1 Å². The molecule has 7 nitrogen and oxygen atoms in total. The molecule has 3 aromatic rings. The van der Waals surface area contributed by atoms with Crippen LogP contribution in [0.15, 0.2) is 77.9 Å². The fourth-order valence-electron chi connectivity index (χ4n) is 2.77. The van der Waals surface area contributed by atoms with Gasteiger partial charge < -0.3 is 10.1 Å². The number of hydrogen-bond acceptors (Lipinski definition) is 5. The second-order valence-electron chi connectivity index (χ2n) is 7.21. The molecular formula is C25H23N3O4. The first kappa shape index (κ1) is 22.4. The number of para-hydroxylation sites is 1. The van der Waals surface area contributed by atoms with E-state index in [4.69, 9.17) is 4.74 Å². The van der Waals surface area contributed by atoms with Gasteiger partial charge >= 0.3 is 17.8 Å². The normalized spacial score (nSPS) is 10.9. The Balaban J connectivity index is 1.67. The summed E-state index contributed by atoms with van der Waals surface area (Å²) in [4.78, 5) is 36.7. The molecule has 0 fully saturated rings. The van der Waals surface area contributed by atoms with Crippen molar-refractivity contribution in [3.63, 3.8) is 0 Å². The van der Waals surface area contributed by atoms with Crippen molar-refractivity contribution < 1.29 is 19.1 Å². The lowest BCUT2D eigenvalue weighted by molar-refractivity contribution is -0.136. The molecule has 0 aliphatic carbocycles. The Bertz CT molecular complexity index is 1170. The number of amides is 2. The molecule has 0 radical (unpaired) electrons. The van der Waals surface area contributed by atoms with Crippen molar-refractivity contribution in [2.45, 2.75) is 20.8 Å². The Labute approximate surface area is 186 Å². The molecule has 162 valence electrons. The monoisotopic (exact) mass is 429 g/mol. The SMILES string of the molecule is CC(=NNC(=O)C(=O)Nc1ccc(C)cc1)c1ccccc1OC(=O)c1ccc(C)cc1. The van der Waals surface area contributed by atoms with Crippen molar-refractivity contribution in [1.82, 2.24) is 5.43 Å². The number of nitrogens with zero attached hydrogens (tertiary/aromatic N) is 1. The Morgan fingerprint density at radius 3 is 2.03 bits per heavy atom. The summed E-state index contributed by atoms with van der Waals surface area (Å²) in [5.41, 5.74) is 6.10. The molecular weight excluding hydrogens is 406 g/mol. The number of ether oxygens (including phenoxy) is 1. The van der Waals surface area contributed by atoms with Crippen LogP contribution in [-0.4, -0.2) is 23.5 Å². The van der Waals surface area contributed by atoms with E-state index in [1.807, 2.05) is 38.1 Å². The third-order valence-electron chi connectivity index (χ3n) is 4.61. The lowest BCUT2D eigenvalue weighted by Crippen LogP contribution is -2.33. The summed E-state index contributed by atoms with van der Waals surface area (Å²) in [6.07, 6.45) is 0. The Morgan fingerprint density at radius 1 is 0.781 bits per heavy atom. The highest BCUT2D eigenvalue weighted by Crippen LogP contribution is 2.20. The van der Waals surface area contributed by atoms with Crippen LogP contribution in [0.25, 0.3) is 0 Å². The van der Waals surface area contributed by atoms with Crippen molar-refractivity contribution in [1.29, 1.82) is 0 Å². The molecule has 0 heterocycles. The maximum atomic E-state index is 12.5. The number of hydrazone groups is 1. The average molecular weight is 429 g/mol. The summed E-state index contributed by atoms with van der Waals surface area (Å²) in [5, 5.41) is 6.49. The van der Waals surface area contributed by atoms with E-state index in [2.05, 4.69) is 15.8 Å². The van der Waals surface area contributed by atoms with Gasteiger partial charge in [-0.1, -0.05) is 47.5 Å². The van der Waals surface area contributed by atoms with Gasteiger partial charge in [0.25, 0.3) is 0 Å². The van der Waals surface area contributed by atoms with Gasteiger partial charge in [-0.2, -0.15) is 5.10 Å². The predicted molar refractivity (Wildman–Crippen MR) is 123 cm³/mol. The maximum absolute atomic E-state index is 12.5. The molecule has 2 N–H and O–H groups in total. The maximum Gasteiger partial charge on any atom is 0.343 e. The highest BCUT2D eigenvalue weighted by molar-refractivity contribution is 6.39. The first-order valence-corrected chi connectivity index (χ1v) is 9.94. The van der Waals surface area contributed by atoms with Crippen LogP contribution >= 0.6 is 0 Å². The second kappa shape index (κ2) is 10.2. The lowest BCUT2D eigenvalue weighted by Gasteiger charge is -2.10. The van der Waals surface area contributed by atoms with Gasteiger partial charge in [0.2, 0.25) is 0 Å². The molecule has 7 heteroatoms. The highest BCUT2D eigenvalue weighted by atomic mass is 16.5. The molecule has 0 saturated carbocycles. The van der Waals surface area contributed by atoms with Crippen LogP contribution in [0.5, 0.6) is 5.75 Å². The van der Waals surface area contributed by atoms with Crippen molar-refractivity contribution in [2.75, 3.05) is 5.32 Å². The smallest absolute Gasteiger partial charge is 0.343 e. The van der Waals surface area contributed by atoms with Crippen molar-refractivity contribution >= 4 is 29.2 Å². The van der Waals surface area contributed by atoms with E-state index in [-0.39, 0.29) is 5.75 Å². The molecule has 3 rings (SSSR count). The van der Waals surface area contributed by atoms with Crippen molar-refractivity contribution in [2.24, 2.45) is 5.10 Å². The first-order valence-electron chi connectivity index (χ1n) is 9.94. The third-order valence-corrected chi connectivity index (χ3v) is 4.61. The molecule has 0 spiro atoms. The first-order chi connectivity index (χ1) is 15.3. The molecule has 2 amide bonds. The quantitative estimate of drug-likeness (QED) is 0.211. The van der Waals surface area contributed by atoms with Crippen LogP contribution in [0, 0.1) is 13.8 Å². The van der Waals surface area contributed by atoms with Gasteiger partial charge in [0.05, 0.1) is 11.3 Å². The molecule has 0 atom stereocenters. The van der Waals surface area contributed by atoms with E-state index in [9.17, 15) is 14.4 Å². The third kappa shape index (κ3) is 5.89. The standard InChI is InChI=1S/C25H23N3O4/c1-16-8-12-19(13-9-16)25(31)32-22-7-5-4-6-21(22)18(3)27-28-24(30)23(29)26-20-14-10-17(2)11-15-20/h4-15H,1-3H3,(H,26,29)(H,28,30). The number of anilines is 1. The zero-order valence-corrected chi connectivity index (χ0v) is 18.0. The second-order valence-corrected chi connectivity index (χ2v) is 7.21. The zero-order valence-electron chi connectivity index (χ0n) is 18.0. The van der Waals surface area contributed by atoms with E-state index >= 15 is 0 Å². The van der Waals surface area contributed by atoms with E-state index in [0.29, 0.717) is 22.5 Å². The largest absolute Gasteiger partial charge is 0.422 e. The topological polar surface area (TPSA) is 96.9 Å². The summed E-state index contributed by atoms with van der Waals surface area (Å²) in [6, 6.07) is 20.9. The molecule has 0 unspecified atom stereocenters. The van der Waals surface area contributed by atoms with E-state index < -0.39 is 17.8 Å².